The molecule has 0 amide bonds. The molecule has 0 saturated heterocycles. The molecule has 0 aliphatic heterocycles. The van der Waals surface area contributed by atoms with Crippen molar-refractivity contribution in [3.63, 3.8) is 0 Å². The molecule has 0 N–H and O–H groups in total. The van der Waals surface area contributed by atoms with Crippen molar-refractivity contribution in [1.29, 1.82) is 0 Å². The van der Waals surface area contributed by atoms with Crippen LogP contribution in [0.3, 0.4) is 0 Å². The van der Waals surface area contributed by atoms with Crippen LogP contribution in [0.15, 0.2) is 18.2 Å². The van der Waals surface area contributed by atoms with E-state index in [1.54, 1.807) is 6.92 Å². The smallest absolute Gasteiger partial charge is 0.339 e. The van der Waals surface area contributed by atoms with Crippen molar-refractivity contribution >= 4 is 16.9 Å². The second kappa shape index (κ2) is 4.77. The van der Waals surface area contributed by atoms with Gasteiger partial charge >= 0.3 is 5.97 Å². The van der Waals surface area contributed by atoms with Gasteiger partial charge in [-0.1, -0.05) is 6.07 Å². The Morgan fingerprint density at radius 3 is 2.61 bits per heavy atom. The highest BCUT2D eigenvalue weighted by atomic mass is 16.5. The molecule has 2 aromatic rings. The summed E-state index contributed by atoms with van der Waals surface area (Å²) in [7, 11) is 0. The zero-order valence-electron chi connectivity index (χ0n) is 11.2. The van der Waals surface area contributed by atoms with Gasteiger partial charge in [-0.25, -0.2) is 4.79 Å². The van der Waals surface area contributed by atoms with Gasteiger partial charge in [-0.2, -0.15) is 0 Å². The number of carbonyl (C=O) groups is 1. The van der Waals surface area contributed by atoms with Crippen LogP contribution in [0.1, 0.15) is 34.1 Å². The number of nitrogens with zero attached hydrogens (tertiary/aromatic N) is 1. The van der Waals surface area contributed by atoms with E-state index in [1.165, 1.54) is 5.56 Å². The fourth-order valence-corrected chi connectivity index (χ4v) is 2.14. The van der Waals surface area contributed by atoms with Gasteiger partial charge in [0.25, 0.3) is 0 Å². The largest absolute Gasteiger partial charge is 0.462 e. The number of benzene rings is 1. The first-order chi connectivity index (χ1) is 8.52. The Balaban J connectivity index is 2.64. The number of ether oxygens (including phenoxy) is 1. The standard InChI is InChI=1S/C15H17NO2/c1-5-18-15(17)13-8-12-10(3)6-9(2)7-14(12)16-11(13)4/h6-8H,5H2,1-4H3. The van der Waals surface area contributed by atoms with Crippen LogP contribution in [-0.4, -0.2) is 17.6 Å². The molecule has 18 heavy (non-hydrogen) atoms. The minimum atomic E-state index is -0.302. The monoisotopic (exact) mass is 243 g/mol. The number of hydrogen-bond donors (Lipinski definition) is 0. The Bertz CT molecular complexity index is 617. The molecule has 0 fully saturated rings. The highest BCUT2D eigenvalue weighted by molar-refractivity contribution is 5.96. The van der Waals surface area contributed by atoms with Crippen LogP contribution in [0.4, 0.5) is 0 Å². The Morgan fingerprint density at radius 1 is 1.22 bits per heavy atom. The Morgan fingerprint density at radius 2 is 1.94 bits per heavy atom. The number of fused-ring (bicyclic) bond motifs is 1. The zero-order valence-corrected chi connectivity index (χ0v) is 11.2. The quantitative estimate of drug-likeness (QED) is 0.759. The molecule has 1 aromatic heterocycles. The van der Waals surface area contributed by atoms with Gasteiger partial charge in [0, 0.05) is 5.39 Å². The molecule has 0 unspecified atom stereocenters. The first kappa shape index (κ1) is 12.6. The van der Waals surface area contributed by atoms with Crippen molar-refractivity contribution in [1.82, 2.24) is 4.98 Å². The van der Waals surface area contributed by atoms with Crippen molar-refractivity contribution in [2.24, 2.45) is 0 Å². The minimum absolute atomic E-state index is 0.302. The van der Waals surface area contributed by atoms with E-state index < -0.39 is 0 Å². The molecule has 0 aliphatic carbocycles. The molecule has 0 saturated carbocycles. The van der Waals surface area contributed by atoms with E-state index in [0.29, 0.717) is 17.9 Å². The first-order valence-electron chi connectivity index (χ1n) is 6.08. The van der Waals surface area contributed by atoms with Crippen LogP contribution in [-0.2, 0) is 4.74 Å². The number of hydrogen-bond acceptors (Lipinski definition) is 3. The second-order valence-electron chi connectivity index (χ2n) is 4.49. The molecule has 3 nitrogen and oxygen atoms in total. The van der Waals surface area contributed by atoms with Crippen LogP contribution >= 0.6 is 0 Å². The van der Waals surface area contributed by atoms with E-state index in [1.807, 2.05) is 32.9 Å². The van der Waals surface area contributed by atoms with Gasteiger partial charge in [-0.15, -0.1) is 0 Å². The summed E-state index contributed by atoms with van der Waals surface area (Å²) in [6.07, 6.45) is 0. The molecule has 1 aromatic carbocycles. The van der Waals surface area contributed by atoms with Gasteiger partial charge in [-0.3, -0.25) is 4.98 Å². The predicted molar refractivity (Wildman–Crippen MR) is 71.9 cm³/mol. The molecular weight excluding hydrogens is 226 g/mol. The van der Waals surface area contributed by atoms with Gasteiger partial charge in [0.15, 0.2) is 0 Å². The third-order valence-electron chi connectivity index (χ3n) is 2.97. The third-order valence-corrected chi connectivity index (χ3v) is 2.97. The molecule has 3 heteroatoms. The fraction of sp³-hybridized carbons (Fsp3) is 0.333. The molecule has 0 spiro atoms. The Hall–Kier alpha value is -1.90. The molecule has 0 bridgehead atoms. The lowest BCUT2D eigenvalue weighted by atomic mass is 10.0. The van der Waals surface area contributed by atoms with Crippen LogP contribution in [0, 0.1) is 20.8 Å². The van der Waals surface area contributed by atoms with Gasteiger partial charge < -0.3 is 4.74 Å². The summed E-state index contributed by atoms with van der Waals surface area (Å²) >= 11 is 0. The lowest BCUT2D eigenvalue weighted by molar-refractivity contribution is 0.0525. The molecular formula is C15H17NO2. The topological polar surface area (TPSA) is 39.2 Å². The number of pyridine rings is 1. The highest BCUT2D eigenvalue weighted by Crippen LogP contribution is 2.22. The van der Waals surface area contributed by atoms with E-state index in [9.17, 15) is 4.79 Å². The van der Waals surface area contributed by atoms with Crippen LogP contribution in [0.5, 0.6) is 0 Å². The van der Waals surface area contributed by atoms with Crippen molar-refractivity contribution in [3.8, 4) is 0 Å². The summed E-state index contributed by atoms with van der Waals surface area (Å²) in [4.78, 5) is 16.3. The van der Waals surface area contributed by atoms with E-state index in [4.69, 9.17) is 4.74 Å². The summed E-state index contributed by atoms with van der Waals surface area (Å²) in [5.74, 6) is -0.302. The van der Waals surface area contributed by atoms with Crippen LogP contribution in [0.25, 0.3) is 10.9 Å². The number of carbonyl (C=O) groups excluding carboxylic acids is 1. The SMILES string of the molecule is CCOC(=O)c1cc2c(C)cc(C)cc2nc1C. The van der Waals surface area contributed by atoms with Gasteiger partial charge in [0.05, 0.1) is 23.4 Å². The second-order valence-corrected chi connectivity index (χ2v) is 4.49. The summed E-state index contributed by atoms with van der Waals surface area (Å²) < 4.78 is 5.04. The highest BCUT2D eigenvalue weighted by Gasteiger charge is 2.13. The van der Waals surface area contributed by atoms with Gasteiger partial charge in [0.2, 0.25) is 0 Å². The van der Waals surface area contributed by atoms with Crippen LogP contribution < -0.4 is 0 Å². The Labute approximate surface area is 107 Å². The maximum Gasteiger partial charge on any atom is 0.339 e. The average Bonchev–Trinajstić information content (AvgIpc) is 2.27. The normalized spacial score (nSPS) is 10.7. The molecule has 0 radical (unpaired) electrons. The predicted octanol–water partition coefficient (Wildman–Crippen LogP) is 3.34. The van der Waals surface area contributed by atoms with E-state index >= 15 is 0 Å². The first-order valence-corrected chi connectivity index (χ1v) is 6.08. The summed E-state index contributed by atoms with van der Waals surface area (Å²) in [5, 5.41) is 1.01. The lowest BCUT2D eigenvalue weighted by Gasteiger charge is -2.09. The maximum atomic E-state index is 11.8. The van der Waals surface area contributed by atoms with Crippen molar-refractivity contribution in [3.05, 3.63) is 40.6 Å². The van der Waals surface area contributed by atoms with Gasteiger partial charge in [0.1, 0.15) is 0 Å². The van der Waals surface area contributed by atoms with Crippen molar-refractivity contribution in [2.75, 3.05) is 6.61 Å². The van der Waals surface area contributed by atoms with E-state index in [-0.39, 0.29) is 5.97 Å². The number of aryl methyl sites for hydroxylation is 3. The number of rotatable bonds is 2. The summed E-state index contributed by atoms with van der Waals surface area (Å²) in [5.41, 5.74) is 4.50. The maximum absolute atomic E-state index is 11.8. The van der Waals surface area contributed by atoms with Gasteiger partial charge in [-0.05, 0) is 51.0 Å². The van der Waals surface area contributed by atoms with Crippen LogP contribution in [0.2, 0.25) is 0 Å². The lowest BCUT2D eigenvalue weighted by Crippen LogP contribution is -2.08. The minimum Gasteiger partial charge on any atom is -0.462 e. The number of aromatic nitrogens is 1. The third kappa shape index (κ3) is 2.21. The summed E-state index contributed by atoms with van der Waals surface area (Å²) in [6.45, 7) is 8.09. The van der Waals surface area contributed by atoms with E-state index in [2.05, 4.69) is 11.1 Å². The molecule has 0 atom stereocenters. The zero-order chi connectivity index (χ0) is 13.3. The van der Waals surface area contributed by atoms with E-state index in [0.717, 1.165) is 16.5 Å². The average molecular weight is 243 g/mol. The molecule has 1 heterocycles. The Kier molecular flexibility index (Phi) is 3.32. The molecule has 94 valence electrons. The molecule has 2 rings (SSSR count). The summed E-state index contributed by atoms with van der Waals surface area (Å²) in [6, 6.07) is 6.00. The van der Waals surface area contributed by atoms with Crippen molar-refractivity contribution in [2.45, 2.75) is 27.7 Å². The number of esters is 1. The van der Waals surface area contributed by atoms with Crippen molar-refractivity contribution < 1.29 is 9.53 Å². The fourth-order valence-electron chi connectivity index (χ4n) is 2.14. The molecule has 0 aliphatic rings.